The van der Waals surface area contributed by atoms with Gasteiger partial charge in [0.15, 0.2) is 0 Å². The highest BCUT2D eigenvalue weighted by Gasteiger charge is 2.04. The number of benzene rings is 1. The van der Waals surface area contributed by atoms with Crippen LogP contribution >= 0.6 is 0 Å². The van der Waals surface area contributed by atoms with Gasteiger partial charge in [-0.3, -0.25) is 0 Å². The normalized spacial score (nSPS) is 10.4. The molecular weight excluding hydrogens is 231 g/mol. The first kappa shape index (κ1) is 12.5. The molecule has 0 saturated carbocycles. The quantitative estimate of drug-likeness (QED) is 0.899. The van der Waals surface area contributed by atoms with Gasteiger partial charge in [-0.1, -0.05) is 12.1 Å². The molecule has 0 aliphatic heterocycles. The zero-order valence-corrected chi connectivity index (χ0v) is 10.2. The molecular formula is C14H15FN2O. The number of nitrogens with zero attached hydrogens (tertiary/aromatic N) is 2. The highest BCUT2D eigenvalue weighted by Crippen LogP contribution is 2.14. The first-order valence-corrected chi connectivity index (χ1v) is 5.70. The Labute approximate surface area is 106 Å². The standard InChI is InChI=1S/C14H15FN2O/c1-17(9-11-2-4-13(15)5-3-11)14-8-12(10-18)6-7-16-14/h2-8,18H,9-10H2,1H3. The van der Waals surface area contributed by atoms with Crippen LogP contribution in [-0.4, -0.2) is 17.1 Å². The lowest BCUT2D eigenvalue weighted by atomic mass is 10.2. The average molecular weight is 246 g/mol. The van der Waals surface area contributed by atoms with Crippen LogP contribution < -0.4 is 4.90 Å². The van der Waals surface area contributed by atoms with Crippen molar-refractivity contribution in [3.05, 3.63) is 59.5 Å². The Balaban J connectivity index is 2.11. The minimum absolute atomic E-state index is 0.0000910. The topological polar surface area (TPSA) is 36.4 Å². The van der Waals surface area contributed by atoms with Crippen molar-refractivity contribution in [1.29, 1.82) is 0 Å². The molecule has 2 aromatic rings. The smallest absolute Gasteiger partial charge is 0.128 e. The first-order chi connectivity index (χ1) is 8.69. The van der Waals surface area contributed by atoms with E-state index < -0.39 is 0 Å². The summed E-state index contributed by atoms with van der Waals surface area (Å²) in [5, 5.41) is 9.08. The van der Waals surface area contributed by atoms with Crippen molar-refractivity contribution >= 4 is 5.82 Å². The van der Waals surface area contributed by atoms with Crippen LogP contribution in [0.25, 0.3) is 0 Å². The van der Waals surface area contributed by atoms with E-state index >= 15 is 0 Å². The fourth-order valence-corrected chi connectivity index (χ4v) is 1.71. The largest absolute Gasteiger partial charge is 0.392 e. The number of hydrogen-bond acceptors (Lipinski definition) is 3. The van der Waals surface area contributed by atoms with Crippen LogP contribution in [0.2, 0.25) is 0 Å². The molecule has 18 heavy (non-hydrogen) atoms. The third kappa shape index (κ3) is 3.05. The third-order valence-electron chi connectivity index (χ3n) is 2.72. The second kappa shape index (κ2) is 5.60. The van der Waals surface area contributed by atoms with Gasteiger partial charge in [0.2, 0.25) is 0 Å². The summed E-state index contributed by atoms with van der Waals surface area (Å²) in [6.07, 6.45) is 1.67. The number of rotatable bonds is 4. The molecule has 1 aromatic carbocycles. The van der Waals surface area contributed by atoms with Crippen LogP contribution in [0.5, 0.6) is 0 Å². The Bertz CT molecular complexity index is 513. The van der Waals surface area contributed by atoms with Gasteiger partial charge in [0.25, 0.3) is 0 Å². The minimum atomic E-state index is -0.234. The Morgan fingerprint density at radius 3 is 2.56 bits per heavy atom. The summed E-state index contributed by atoms with van der Waals surface area (Å²) in [6.45, 7) is 0.641. The number of pyridine rings is 1. The molecule has 94 valence electrons. The molecule has 1 heterocycles. The molecule has 3 nitrogen and oxygen atoms in total. The van der Waals surface area contributed by atoms with Gasteiger partial charge in [-0.15, -0.1) is 0 Å². The predicted octanol–water partition coefficient (Wildman–Crippen LogP) is 2.35. The lowest BCUT2D eigenvalue weighted by molar-refractivity contribution is 0.281. The van der Waals surface area contributed by atoms with E-state index in [9.17, 15) is 4.39 Å². The van der Waals surface area contributed by atoms with Gasteiger partial charge in [-0.25, -0.2) is 9.37 Å². The lowest BCUT2D eigenvalue weighted by Crippen LogP contribution is -2.17. The van der Waals surface area contributed by atoms with E-state index in [-0.39, 0.29) is 12.4 Å². The van der Waals surface area contributed by atoms with Crippen LogP contribution in [0.1, 0.15) is 11.1 Å². The van der Waals surface area contributed by atoms with E-state index in [0.717, 1.165) is 16.9 Å². The van der Waals surface area contributed by atoms with E-state index in [1.54, 1.807) is 24.4 Å². The maximum absolute atomic E-state index is 12.8. The fourth-order valence-electron chi connectivity index (χ4n) is 1.71. The second-order valence-electron chi connectivity index (χ2n) is 4.16. The number of aromatic nitrogens is 1. The minimum Gasteiger partial charge on any atom is -0.392 e. The zero-order valence-electron chi connectivity index (χ0n) is 10.2. The molecule has 0 aliphatic carbocycles. The number of hydrogen-bond donors (Lipinski definition) is 1. The van der Waals surface area contributed by atoms with Gasteiger partial charge < -0.3 is 10.0 Å². The Morgan fingerprint density at radius 2 is 1.89 bits per heavy atom. The monoisotopic (exact) mass is 246 g/mol. The number of halogens is 1. The summed E-state index contributed by atoms with van der Waals surface area (Å²) in [7, 11) is 1.91. The van der Waals surface area contributed by atoms with Gasteiger partial charge in [-0.2, -0.15) is 0 Å². The summed E-state index contributed by atoms with van der Waals surface area (Å²) < 4.78 is 12.8. The molecule has 0 bridgehead atoms. The molecule has 0 spiro atoms. The zero-order chi connectivity index (χ0) is 13.0. The van der Waals surface area contributed by atoms with E-state index in [2.05, 4.69) is 4.98 Å². The maximum Gasteiger partial charge on any atom is 0.128 e. The molecule has 0 amide bonds. The molecule has 1 N–H and O–H groups in total. The molecule has 4 heteroatoms. The van der Waals surface area contributed by atoms with Crippen LogP contribution in [0.4, 0.5) is 10.2 Å². The van der Waals surface area contributed by atoms with Crippen LogP contribution in [-0.2, 0) is 13.2 Å². The molecule has 0 saturated heterocycles. The summed E-state index contributed by atoms with van der Waals surface area (Å²) in [5.74, 6) is 0.549. The summed E-state index contributed by atoms with van der Waals surface area (Å²) in [5.41, 5.74) is 1.83. The molecule has 1 aromatic heterocycles. The summed E-state index contributed by atoms with van der Waals surface area (Å²) in [4.78, 5) is 6.19. The van der Waals surface area contributed by atoms with Crippen molar-refractivity contribution in [3.8, 4) is 0 Å². The van der Waals surface area contributed by atoms with Gasteiger partial charge in [-0.05, 0) is 35.4 Å². The lowest BCUT2D eigenvalue weighted by Gasteiger charge is -2.18. The summed E-state index contributed by atoms with van der Waals surface area (Å²) in [6, 6.07) is 10.0. The Kier molecular flexibility index (Phi) is 3.89. The molecule has 0 fully saturated rings. The van der Waals surface area contributed by atoms with Crippen LogP contribution in [0.15, 0.2) is 42.6 Å². The van der Waals surface area contributed by atoms with Gasteiger partial charge in [0, 0.05) is 19.8 Å². The van der Waals surface area contributed by atoms with E-state index in [1.807, 2.05) is 18.0 Å². The molecule has 0 atom stereocenters. The van der Waals surface area contributed by atoms with Crippen molar-refractivity contribution < 1.29 is 9.50 Å². The van der Waals surface area contributed by atoms with E-state index in [0.29, 0.717) is 6.54 Å². The van der Waals surface area contributed by atoms with Gasteiger partial charge in [0.05, 0.1) is 6.61 Å². The highest BCUT2D eigenvalue weighted by atomic mass is 19.1. The van der Waals surface area contributed by atoms with Crippen molar-refractivity contribution in [1.82, 2.24) is 4.98 Å². The number of aliphatic hydroxyl groups excluding tert-OH is 1. The number of aliphatic hydroxyl groups is 1. The van der Waals surface area contributed by atoms with E-state index in [1.165, 1.54) is 12.1 Å². The fraction of sp³-hybridized carbons (Fsp3) is 0.214. The van der Waals surface area contributed by atoms with Crippen molar-refractivity contribution in [3.63, 3.8) is 0 Å². The maximum atomic E-state index is 12.8. The SMILES string of the molecule is CN(Cc1ccc(F)cc1)c1cc(CO)ccn1. The third-order valence-corrected chi connectivity index (χ3v) is 2.72. The number of anilines is 1. The van der Waals surface area contributed by atoms with Crippen LogP contribution in [0.3, 0.4) is 0 Å². The summed E-state index contributed by atoms with van der Waals surface area (Å²) >= 11 is 0. The Morgan fingerprint density at radius 1 is 1.17 bits per heavy atom. The van der Waals surface area contributed by atoms with Gasteiger partial charge in [0.1, 0.15) is 11.6 Å². The Hall–Kier alpha value is -1.94. The molecule has 0 unspecified atom stereocenters. The molecule has 0 radical (unpaired) electrons. The highest BCUT2D eigenvalue weighted by molar-refractivity contribution is 5.40. The average Bonchev–Trinajstić information content (AvgIpc) is 2.41. The van der Waals surface area contributed by atoms with Crippen molar-refractivity contribution in [2.24, 2.45) is 0 Å². The van der Waals surface area contributed by atoms with E-state index in [4.69, 9.17) is 5.11 Å². The molecule has 0 aliphatic rings. The van der Waals surface area contributed by atoms with Crippen molar-refractivity contribution in [2.75, 3.05) is 11.9 Å². The van der Waals surface area contributed by atoms with Crippen LogP contribution in [0, 0.1) is 5.82 Å². The first-order valence-electron chi connectivity index (χ1n) is 5.70. The predicted molar refractivity (Wildman–Crippen MR) is 68.7 cm³/mol. The second-order valence-corrected chi connectivity index (χ2v) is 4.16. The van der Waals surface area contributed by atoms with Crippen molar-refractivity contribution in [2.45, 2.75) is 13.2 Å². The van der Waals surface area contributed by atoms with Gasteiger partial charge >= 0.3 is 0 Å². The molecule has 2 rings (SSSR count).